The van der Waals surface area contributed by atoms with Gasteiger partial charge in [-0.15, -0.1) is 5.10 Å². The van der Waals surface area contributed by atoms with Crippen molar-refractivity contribution in [2.45, 2.75) is 11.8 Å². The third-order valence-corrected chi connectivity index (χ3v) is 4.60. The van der Waals surface area contributed by atoms with Gasteiger partial charge >= 0.3 is 17.9 Å². The maximum atomic E-state index is 12.4. The van der Waals surface area contributed by atoms with Gasteiger partial charge in [0, 0.05) is 18.7 Å². The number of rotatable bonds is 3. The topological polar surface area (TPSA) is 122 Å². The lowest BCUT2D eigenvalue weighted by Gasteiger charge is -2.07. The first kappa shape index (κ1) is 16.9. The molecule has 3 aromatic rings. The fourth-order valence-corrected chi connectivity index (χ4v) is 2.98. The van der Waals surface area contributed by atoms with Crippen molar-refractivity contribution in [1.82, 2.24) is 19.2 Å². The van der Waals surface area contributed by atoms with Crippen molar-refractivity contribution < 1.29 is 22.7 Å². The van der Waals surface area contributed by atoms with Crippen LogP contribution in [0.15, 0.2) is 27.9 Å². The zero-order valence-corrected chi connectivity index (χ0v) is 14.4. The highest BCUT2D eigenvalue weighted by atomic mass is 32.2. The zero-order chi connectivity index (χ0) is 18.4. The van der Waals surface area contributed by atoms with Crippen LogP contribution in [0.3, 0.4) is 0 Å². The first-order valence-electron chi connectivity index (χ1n) is 7.16. The largest absolute Gasteiger partial charge is 0.516 e. The SMILES string of the molecule is CCOC(=O)Oc1nc2c3cc(S(C)(=O)=O)ccc3n(C)c(=O)n2n1. The summed E-state index contributed by atoms with van der Waals surface area (Å²) in [6.07, 6.45) is 0.0725. The van der Waals surface area contributed by atoms with Crippen LogP contribution in [0, 0.1) is 0 Å². The highest BCUT2D eigenvalue weighted by Gasteiger charge is 2.18. The summed E-state index contributed by atoms with van der Waals surface area (Å²) in [5.41, 5.74) is 0.00342. The van der Waals surface area contributed by atoms with Crippen LogP contribution in [0.4, 0.5) is 4.79 Å². The fraction of sp³-hybridized carbons (Fsp3) is 0.286. The van der Waals surface area contributed by atoms with Gasteiger partial charge in [0.2, 0.25) is 0 Å². The molecule has 0 aliphatic carbocycles. The van der Waals surface area contributed by atoms with Crippen LogP contribution in [0.5, 0.6) is 6.01 Å². The van der Waals surface area contributed by atoms with Gasteiger partial charge in [-0.3, -0.25) is 4.57 Å². The maximum Gasteiger partial charge on any atom is 0.516 e. The minimum atomic E-state index is -3.46. The van der Waals surface area contributed by atoms with E-state index in [1.807, 2.05) is 0 Å². The molecule has 2 aromatic heterocycles. The van der Waals surface area contributed by atoms with Crippen molar-refractivity contribution in [3.8, 4) is 6.01 Å². The van der Waals surface area contributed by atoms with E-state index in [1.54, 1.807) is 6.92 Å². The number of nitrogens with zero attached hydrogens (tertiary/aromatic N) is 4. The van der Waals surface area contributed by atoms with Gasteiger partial charge in [-0.1, -0.05) is 0 Å². The van der Waals surface area contributed by atoms with Gasteiger partial charge in [0.25, 0.3) is 0 Å². The number of aryl methyl sites for hydroxylation is 1. The molecule has 0 saturated heterocycles. The molecule has 25 heavy (non-hydrogen) atoms. The van der Waals surface area contributed by atoms with Crippen LogP contribution < -0.4 is 10.4 Å². The Morgan fingerprint density at radius 2 is 2.04 bits per heavy atom. The smallest absolute Gasteiger partial charge is 0.434 e. The molecule has 3 rings (SSSR count). The van der Waals surface area contributed by atoms with Crippen molar-refractivity contribution in [2.75, 3.05) is 12.9 Å². The van der Waals surface area contributed by atoms with Gasteiger partial charge in [0.1, 0.15) is 0 Å². The number of fused-ring (bicyclic) bond motifs is 3. The summed E-state index contributed by atoms with van der Waals surface area (Å²) in [6.45, 7) is 1.71. The van der Waals surface area contributed by atoms with Crippen molar-refractivity contribution in [3.05, 3.63) is 28.7 Å². The molecule has 0 atom stereocenters. The molecule has 0 aliphatic heterocycles. The third kappa shape index (κ3) is 2.93. The monoisotopic (exact) mass is 366 g/mol. The Balaban J connectivity index is 2.29. The number of hydrogen-bond acceptors (Lipinski definition) is 8. The Bertz CT molecular complexity index is 1160. The van der Waals surface area contributed by atoms with Crippen LogP contribution >= 0.6 is 0 Å². The molecule has 0 amide bonds. The standard InChI is InChI=1S/C14H14N4O6S/c1-4-23-14(20)24-12-15-11-9-7-8(25(3,21)22)5-6-10(9)17(2)13(19)18(11)16-12/h5-7H,4H2,1-3H3. The number of carbonyl (C=O) groups is 1. The van der Waals surface area contributed by atoms with Gasteiger partial charge in [0.15, 0.2) is 15.5 Å². The molecule has 0 unspecified atom stereocenters. The average Bonchev–Trinajstić information content (AvgIpc) is 2.95. The predicted octanol–water partition coefficient (Wildman–Crippen LogP) is 0.520. The van der Waals surface area contributed by atoms with Crippen LogP contribution in [-0.4, -0.2) is 46.6 Å². The first-order chi connectivity index (χ1) is 11.7. The van der Waals surface area contributed by atoms with Crippen molar-refractivity contribution in [3.63, 3.8) is 0 Å². The van der Waals surface area contributed by atoms with E-state index >= 15 is 0 Å². The van der Waals surface area contributed by atoms with Gasteiger partial charge < -0.3 is 9.47 Å². The van der Waals surface area contributed by atoms with E-state index in [0.29, 0.717) is 10.9 Å². The summed E-state index contributed by atoms with van der Waals surface area (Å²) in [5.74, 6) is 0. The minimum Gasteiger partial charge on any atom is -0.434 e. The molecule has 0 fully saturated rings. The molecular weight excluding hydrogens is 352 g/mol. The number of sulfone groups is 1. The lowest BCUT2D eigenvalue weighted by Crippen LogP contribution is -2.25. The molecule has 2 heterocycles. The van der Waals surface area contributed by atoms with E-state index in [2.05, 4.69) is 14.8 Å². The van der Waals surface area contributed by atoms with Crippen LogP contribution in [0.2, 0.25) is 0 Å². The molecule has 10 nitrogen and oxygen atoms in total. The summed E-state index contributed by atoms with van der Waals surface area (Å²) in [4.78, 5) is 27.9. The highest BCUT2D eigenvalue weighted by Crippen LogP contribution is 2.22. The fourth-order valence-electron chi connectivity index (χ4n) is 2.33. The van der Waals surface area contributed by atoms with E-state index in [4.69, 9.17) is 4.74 Å². The average molecular weight is 366 g/mol. The molecule has 0 radical (unpaired) electrons. The minimum absolute atomic E-state index is 0.0661. The molecule has 11 heteroatoms. The van der Waals surface area contributed by atoms with E-state index in [-0.39, 0.29) is 23.2 Å². The summed E-state index contributed by atoms with van der Waals surface area (Å²) in [5, 5.41) is 4.21. The van der Waals surface area contributed by atoms with Crippen LogP contribution in [0.1, 0.15) is 6.92 Å². The van der Waals surface area contributed by atoms with Crippen molar-refractivity contribution in [2.24, 2.45) is 7.05 Å². The second-order valence-corrected chi connectivity index (χ2v) is 7.22. The Labute approximate surface area is 141 Å². The van der Waals surface area contributed by atoms with E-state index < -0.39 is 21.7 Å². The molecule has 0 aliphatic rings. The Kier molecular flexibility index (Phi) is 3.95. The lowest BCUT2D eigenvalue weighted by molar-refractivity contribution is 0.101. The molecule has 0 N–H and O–H groups in total. The number of benzene rings is 1. The van der Waals surface area contributed by atoms with Crippen LogP contribution in [-0.2, 0) is 21.6 Å². The van der Waals surface area contributed by atoms with Crippen molar-refractivity contribution in [1.29, 1.82) is 0 Å². The molecular formula is C14H14N4O6S. The third-order valence-electron chi connectivity index (χ3n) is 3.49. The van der Waals surface area contributed by atoms with E-state index in [9.17, 15) is 18.0 Å². The van der Waals surface area contributed by atoms with Crippen molar-refractivity contribution >= 4 is 32.5 Å². The maximum absolute atomic E-state index is 12.4. The number of hydrogen-bond donors (Lipinski definition) is 0. The van der Waals surface area contributed by atoms with E-state index in [0.717, 1.165) is 10.8 Å². The second-order valence-electron chi connectivity index (χ2n) is 5.21. The Morgan fingerprint density at radius 1 is 1.32 bits per heavy atom. The second kappa shape index (κ2) is 5.84. The highest BCUT2D eigenvalue weighted by molar-refractivity contribution is 7.90. The van der Waals surface area contributed by atoms with Crippen LogP contribution in [0.25, 0.3) is 16.6 Å². The predicted molar refractivity (Wildman–Crippen MR) is 86.5 cm³/mol. The van der Waals surface area contributed by atoms with Gasteiger partial charge in [-0.2, -0.15) is 9.50 Å². The number of carbonyl (C=O) groups excluding carboxylic acids is 1. The normalized spacial score (nSPS) is 11.8. The molecule has 0 saturated carbocycles. The Morgan fingerprint density at radius 3 is 2.68 bits per heavy atom. The first-order valence-corrected chi connectivity index (χ1v) is 9.05. The molecule has 0 bridgehead atoms. The Hall–Kier alpha value is -2.95. The number of aromatic nitrogens is 4. The van der Waals surface area contributed by atoms with Gasteiger partial charge in [0.05, 0.1) is 17.0 Å². The van der Waals surface area contributed by atoms with Gasteiger partial charge in [-0.05, 0) is 25.1 Å². The summed E-state index contributed by atoms with van der Waals surface area (Å²) >= 11 is 0. The summed E-state index contributed by atoms with van der Waals surface area (Å²) < 4.78 is 35.2. The number of ether oxygens (including phenoxy) is 2. The zero-order valence-electron chi connectivity index (χ0n) is 13.6. The van der Waals surface area contributed by atoms with Gasteiger partial charge in [-0.25, -0.2) is 18.0 Å². The quantitative estimate of drug-likeness (QED) is 0.615. The molecule has 0 spiro atoms. The van der Waals surface area contributed by atoms with E-state index in [1.165, 1.54) is 29.8 Å². The lowest BCUT2D eigenvalue weighted by atomic mass is 10.2. The summed E-state index contributed by atoms with van der Waals surface area (Å²) in [7, 11) is -1.94. The molecule has 1 aromatic carbocycles. The molecule has 132 valence electrons. The summed E-state index contributed by atoms with van der Waals surface area (Å²) in [6, 6.07) is 3.93.